The molecule has 0 amide bonds. The fourth-order valence-electron chi connectivity index (χ4n) is 2.55. The highest BCUT2D eigenvalue weighted by Gasteiger charge is 2.75. The Morgan fingerprint density at radius 2 is 1.75 bits per heavy atom. The normalized spacial score (nSPS) is 14.7. The van der Waals surface area contributed by atoms with Gasteiger partial charge in [0.2, 0.25) is 0 Å². The highest BCUT2D eigenvalue weighted by Crippen LogP contribution is 2.66. The zero-order valence-electron chi connectivity index (χ0n) is 18.2. The molecule has 1 aromatic carbocycles. The van der Waals surface area contributed by atoms with Crippen molar-refractivity contribution in [1.82, 2.24) is 4.98 Å². The largest absolute Gasteiger partial charge is 0.467 e. The maximum atomic E-state index is 14.6. The number of ether oxygens (including phenoxy) is 1. The quantitative estimate of drug-likeness (QED) is 0.291. The molecule has 0 spiro atoms. The minimum absolute atomic E-state index is 0.292. The summed E-state index contributed by atoms with van der Waals surface area (Å²) in [5, 5.41) is -1.78. The van der Waals surface area contributed by atoms with Gasteiger partial charge in [-0.2, -0.15) is 13.2 Å². The van der Waals surface area contributed by atoms with E-state index in [4.69, 9.17) is 20.6 Å². The Bertz CT molecular complexity index is 985. The fourth-order valence-corrected chi connectivity index (χ4v) is 6.14. The van der Waals surface area contributed by atoms with E-state index < -0.39 is 25.0 Å². The second-order valence-corrected chi connectivity index (χ2v) is 11.5. The fraction of sp³-hybridized carbons (Fsp3) is 0.579. The van der Waals surface area contributed by atoms with Gasteiger partial charge in [-0.05, 0) is 30.0 Å². The molecule has 1 aromatic heterocycles. The third kappa shape index (κ3) is 5.56. The molecule has 0 saturated heterocycles. The van der Waals surface area contributed by atoms with Crippen LogP contribution in [0.15, 0.2) is 18.2 Å². The van der Waals surface area contributed by atoms with E-state index in [1.807, 2.05) is 5.32 Å². The maximum Gasteiger partial charge on any atom is 0.434 e. The van der Waals surface area contributed by atoms with Crippen LogP contribution in [0.4, 0.5) is 18.3 Å². The molecular formula is C19H25ClF3N2O5PS. The Morgan fingerprint density at radius 3 is 2.22 bits per heavy atom. The first kappa shape index (κ1) is 26.9. The molecule has 0 saturated carbocycles. The number of nitrogens with zero attached hydrogens (tertiary/aromatic N) is 1. The van der Waals surface area contributed by atoms with Crippen molar-refractivity contribution in [2.45, 2.75) is 39.2 Å². The first-order chi connectivity index (χ1) is 14.8. The molecule has 32 heavy (non-hydrogen) atoms. The van der Waals surface area contributed by atoms with Gasteiger partial charge in [0.15, 0.2) is 5.13 Å². The minimum atomic E-state index is -5.43. The van der Waals surface area contributed by atoms with Crippen LogP contribution in [0.25, 0.3) is 10.2 Å². The van der Waals surface area contributed by atoms with Crippen LogP contribution in [0, 0.1) is 11.8 Å². The Morgan fingerprint density at radius 1 is 1.19 bits per heavy atom. The van der Waals surface area contributed by atoms with Crippen LogP contribution < -0.4 is 5.32 Å². The number of carbonyl (C=O) groups excluding carboxylic acids is 1. The molecule has 0 aliphatic carbocycles. The molecular weight excluding hydrogens is 492 g/mol. The predicted molar refractivity (Wildman–Crippen MR) is 118 cm³/mol. The van der Waals surface area contributed by atoms with Gasteiger partial charge in [-0.1, -0.05) is 50.6 Å². The van der Waals surface area contributed by atoms with Gasteiger partial charge in [-0.3, -0.25) is 4.57 Å². The molecule has 0 unspecified atom stereocenters. The van der Waals surface area contributed by atoms with Gasteiger partial charge in [-0.15, -0.1) is 0 Å². The van der Waals surface area contributed by atoms with E-state index in [1.165, 1.54) is 18.2 Å². The Hall–Kier alpha value is -1.39. The number of halogens is 4. The maximum absolute atomic E-state index is 14.6. The highest BCUT2D eigenvalue weighted by atomic mass is 35.5. The lowest BCUT2D eigenvalue weighted by atomic mass is 10.2. The summed E-state index contributed by atoms with van der Waals surface area (Å²) in [6.07, 6.45) is -5.43. The van der Waals surface area contributed by atoms with Crippen LogP contribution in [0.3, 0.4) is 0 Å². The van der Waals surface area contributed by atoms with Crippen LogP contribution in [0.2, 0.25) is 5.02 Å². The number of hydrogen-bond acceptors (Lipinski definition) is 8. The van der Waals surface area contributed by atoms with Gasteiger partial charge in [0.05, 0.1) is 30.5 Å². The molecule has 0 fully saturated rings. The number of hydrogen-bond donors (Lipinski definition) is 1. The Labute approximate surface area is 193 Å². The average Bonchev–Trinajstić information content (AvgIpc) is 3.08. The van der Waals surface area contributed by atoms with Crippen molar-refractivity contribution in [3.8, 4) is 0 Å². The topological polar surface area (TPSA) is 86.8 Å². The highest BCUT2D eigenvalue weighted by molar-refractivity contribution is 7.57. The van der Waals surface area contributed by atoms with Crippen molar-refractivity contribution in [2.75, 3.05) is 25.6 Å². The van der Waals surface area contributed by atoms with Gasteiger partial charge in [0.1, 0.15) is 0 Å². The van der Waals surface area contributed by atoms with Crippen LogP contribution in [0.1, 0.15) is 27.7 Å². The van der Waals surface area contributed by atoms with E-state index in [0.717, 1.165) is 18.4 Å². The van der Waals surface area contributed by atoms with Crippen LogP contribution in [-0.2, 0) is 23.1 Å². The number of methoxy groups -OCH3 is 1. The summed E-state index contributed by atoms with van der Waals surface area (Å²) in [6, 6.07) is 4.54. The lowest BCUT2D eigenvalue weighted by Crippen LogP contribution is -2.59. The number of benzene rings is 1. The van der Waals surface area contributed by atoms with E-state index in [9.17, 15) is 22.5 Å². The molecule has 2 aromatic rings. The first-order valence-electron chi connectivity index (χ1n) is 9.64. The van der Waals surface area contributed by atoms with E-state index >= 15 is 0 Å². The van der Waals surface area contributed by atoms with Crippen molar-refractivity contribution < 1.29 is 36.3 Å². The summed E-state index contributed by atoms with van der Waals surface area (Å²) < 4.78 is 73.0. The number of aromatic nitrogens is 1. The third-order valence-corrected chi connectivity index (χ3v) is 7.61. The number of nitrogens with one attached hydrogen (secondary N) is 1. The summed E-state index contributed by atoms with van der Waals surface area (Å²) in [5.41, 5.74) is 0.337. The van der Waals surface area contributed by atoms with Crippen molar-refractivity contribution in [3.63, 3.8) is 0 Å². The van der Waals surface area contributed by atoms with Crippen molar-refractivity contribution in [3.05, 3.63) is 23.2 Å². The summed E-state index contributed by atoms with van der Waals surface area (Å²) in [5.74, 6) is -2.45. The van der Waals surface area contributed by atoms with Gasteiger partial charge >= 0.3 is 25.0 Å². The van der Waals surface area contributed by atoms with Crippen molar-refractivity contribution in [2.24, 2.45) is 11.8 Å². The van der Waals surface area contributed by atoms with Crippen LogP contribution >= 0.6 is 30.5 Å². The molecule has 2 rings (SSSR count). The second-order valence-electron chi connectivity index (χ2n) is 7.83. The number of esters is 1. The monoisotopic (exact) mass is 516 g/mol. The van der Waals surface area contributed by atoms with Gasteiger partial charge < -0.3 is 19.1 Å². The molecule has 7 nitrogen and oxygen atoms in total. The number of rotatable bonds is 10. The van der Waals surface area contributed by atoms with E-state index in [2.05, 4.69) is 9.72 Å². The van der Waals surface area contributed by atoms with E-state index in [1.54, 1.807) is 27.7 Å². The minimum Gasteiger partial charge on any atom is -0.467 e. The summed E-state index contributed by atoms with van der Waals surface area (Å²) in [7, 11) is -4.49. The van der Waals surface area contributed by atoms with Gasteiger partial charge in [-0.25, -0.2) is 9.78 Å². The number of fused-ring (bicyclic) bond motifs is 1. The number of anilines is 1. The standard InChI is InChI=1S/C19H25ClF3N2O5PS/c1-11(2)9-29-31(27,30-10-12(3)4)18(16(26)28-5,19(21,22)23)25-17-24-14-7-6-13(20)8-15(14)32-17/h6-8,11-12H,9-10H2,1-5H3,(H,24,25)/t18-/m1/s1. The SMILES string of the molecule is COC(=O)[C@](Nc1nc2ccc(Cl)cc2s1)(C(F)(F)F)P(=O)(OCC(C)C)OCC(C)C. The number of alkyl halides is 3. The lowest BCUT2D eigenvalue weighted by Gasteiger charge is -2.38. The molecule has 13 heteroatoms. The van der Waals surface area contributed by atoms with Crippen LogP contribution in [-0.4, -0.2) is 42.7 Å². The third-order valence-electron chi connectivity index (χ3n) is 4.10. The van der Waals surface area contributed by atoms with E-state index in [-0.39, 0.29) is 30.2 Å². The first-order valence-corrected chi connectivity index (χ1v) is 12.4. The molecule has 0 bridgehead atoms. The second kappa shape index (κ2) is 10.3. The zero-order valence-corrected chi connectivity index (χ0v) is 20.6. The molecule has 0 aliphatic heterocycles. The van der Waals surface area contributed by atoms with Crippen LogP contribution in [0.5, 0.6) is 0 Å². The predicted octanol–water partition coefficient (Wildman–Crippen LogP) is 6.33. The van der Waals surface area contributed by atoms with Crippen molar-refractivity contribution in [1.29, 1.82) is 0 Å². The van der Waals surface area contributed by atoms with E-state index in [0.29, 0.717) is 15.2 Å². The van der Waals surface area contributed by atoms with Gasteiger partial charge in [0.25, 0.3) is 0 Å². The Balaban J connectivity index is 2.70. The molecule has 1 atom stereocenters. The lowest BCUT2D eigenvalue weighted by molar-refractivity contribution is -0.186. The molecule has 0 aliphatic rings. The zero-order chi connectivity index (χ0) is 24.3. The molecule has 180 valence electrons. The average molecular weight is 517 g/mol. The number of thiazole rings is 1. The smallest absolute Gasteiger partial charge is 0.434 e. The number of carbonyl (C=O) groups is 1. The molecule has 0 radical (unpaired) electrons. The Kier molecular flexibility index (Phi) is 8.61. The molecule has 1 N–H and O–H groups in total. The van der Waals surface area contributed by atoms with Gasteiger partial charge in [0, 0.05) is 5.02 Å². The summed E-state index contributed by atoms with van der Waals surface area (Å²) >= 11 is 6.74. The summed E-state index contributed by atoms with van der Waals surface area (Å²) in [4.78, 5) is 16.8. The summed E-state index contributed by atoms with van der Waals surface area (Å²) in [6.45, 7) is 5.94. The van der Waals surface area contributed by atoms with Crippen molar-refractivity contribution >= 4 is 51.9 Å². The molecule has 1 heterocycles.